The molecule has 1 saturated carbocycles. The van der Waals surface area contributed by atoms with Gasteiger partial charge < -0.3 is 5.32 Å². The maximum Gasteiger partial charge on any atom is 0.126 e. The molecule has 2 aromatic carbocycles. The zero-order valence-electron chi connectivity index (χ0n) is 11.5. The van der Waals surface area contributed by atoms with Crippen molar-refractivity contribution in [2.24, 2.45) is 0 Å². The smallest absolute Gasteiger partial charge is 0.126 e. The first-order valence-corrected chi connectivity index (χ1v) is 7.24. The van der Waals surface area contributed by atoms with Crippen LogP contribution in [0.25, 0.3) is 10.9 Å². The van der Waals surface area contributed by atoms with Gasteiger partial charge in [-0.25, -0.2) is 4.39 Å². The first-order chi connectivity index (χ1) is 10.3. The van der Waals surface area contributed by atoms with Gasteiger partial charge in [-0.3, -0.25) is 5.10 Å². The lowest BCUT2D eigenvalue weighted by atomic mass is 9.75. The fourth-order valence-electron chi connectivity index (χ4n) is 3.06. The zero-order valence-corrected chi connectivity index (χ0v) is 11.5. The topological polar surface area (TPSA) is 40.7 Å². The Morgan fingerprint density at radius 1 is 1.14 bits per heavy atom. The van der Waals surface area contributed by atoms with E-state index in [1.54, 1.807) is 12.1 Å². The van der Waals surface area contributed by atoms with Crippen molar-refractivity contribution in [3.05, 3.63) is 60.0 Å². The summed E-state index contributed by atoms with van der Waals surface area (Å²) in [5.74, 6) is 0.252. The largest absolute Gasteiger partial charge is 0.382 e. The summed E-state index contributed by atoms with van der Waals surface area (Å²) in [6, 6.07) is 13.7. The highest BCUT2D eigenvalue weighted by atomic mass is 19.1. The third kappa shape index (κ3) is 2.27. The van der Waals surface area contributed by atoms with Gasteiger partial charge >= 0.3 is 0 Å². The Kier molecular flexibility index (Phi) is 2.88. The quantitative estimate of drug-likeness (QED) is 0.760. The highest BCUT2D eigenvalue weighted by Crippen LogP contribution is 2.39. The number of H-pyrrole nitrogens is 1. The van der Waals surface area contributed by atoms with Gasteiger partial charge in [0.15, 0.2) is 0 Å². The average Bonchev–Trinajstić information content (AvgIpc) is 2.91. The molecule has 106 valence electrons. The van der Waals surface area contributed by atoms with Crippen molar-refractivity contribution in [2.75, 3.05) is 5.32 Å². The summed E-state index contributed by atoms with van der Waals surface area (Å²) in [5.41, 5.74) is 2.99. The van der Waals surface area contributed by atoms with Crippen LogP contribution in [0, 0.1) is 5.82 Å². The molecule has 1 aliphatic carbocycles. The summed E-state index contributed by atoms with van der Waals surface area (Å²) < 4.78 is 13.7. The highest BCUT2D eigenvalue weighted by molar-refractivity contribution is 5.81. The molecule has 1 aliphatic rings. The summed E-state index contributed by atoms with van der Waals surface area (Å²) in [7, 11) is 0. The molecule has 4 rings (SSSR count). The van der Waals surface area contributed by atoms with Crippen molar-refractivity contribution in [1.82, 2.24) is 10.2 Å². The van der Waals surface area contributed by atoms with Gasteiger partial charge in [0.25, 0.3) is 0 Å². The number of hydrogen-bond acceptors (Lipinski definition) is 2. The van der Waals surface area contributed by atoms with Crippen LogP contribution in [0.3, 0.4) is 0 Å². The number of nitrogens with zero attached hydrogens (tertiary/aromatic N) is 1. The van der Waals surface area contributed by atoms with E-state index < -0.39 is 0 Å². The summed E-state index contributed by atoms with van der Waals surface area (Å²) in [4.78, 5) is 0. The van der Waals surface area contributed by atoms with E-state index in [9.17, 15) is 4.39 Å². The molecule has 0 atom stereocenters. The van der Waals surface area contributed by atoms with Crippen molar-refractivity contribution in [1.29, 1.82) is 0 Å². The SMILES string of the molecule is Fc1ccccc1C1CC(Nc2ccc3[nH]ncc3c2)C1. The van der Waals surface area contributed by atoms with Crippen LogP contribution in [-0.2, 0) is 0 Å². The first-order valence-electron chi connectivity index (χ1n) is 7.24. The minimum absolute atomic E-state index is 0.0826. The van der Waals surface area contributed by atoms with Crippen molar-refractivity contribution in [3.63, 3.8) is 0 Å². The average molecular weight is 281 g/mol. The molecule has 0 aliphatic heterocycles. The van der Waals surface area contributed by atoms with Crippen LogP contribution < -0.4 is 5.32 Å². The third-order valence-corrected chi connectivity index (χ3v) is 4.29. The van der Waals surface area contributed by atoms with Crippen LogP contribution in [-0.4, -0.2) is 16.2 Å². The molecule has 0 amide bonds. The number of aromatic nitrogens is 2. The van der Waals surface area contributed by atoms with Crippen LogP contribution in [0.1, 0.15) is 24.3 Å². The molecule has 0 bridgehead atoms. The second-order valence-corrected chi connectivity index (χ2v) is 5.70. The summed E-state index contributed by atoms with van der Waals surface area (Å²) in [5, 5.41) is 11.6. The molecular formula is C17H16FN3. The number of nitrogens with one attached hydrogen (secondary N) is 2. The van der Waals surface area contributed by atoms with Crippen molar-refractivity contribution in [3.8, 4) is 0 Å². The number of aromatic amines is 1. The Bertz CT molecular complexity index is 774. The molecule has 3 nitrogen and oxygen atoms in total. The van der Waals surface area contributed by atoms with E-state index in [0.29, 0.717) is 12.0 Å². The van der Waals surface area contributed by atoms with Gasteiger partial charge in [0, 0.05) is 17.1 Å². The summed E-state index contributed by atoms with van der Waals surface area (Å²) in [6.45, 7) is 0. The third-order valence-electron chi connectivity index (χ3n) is 4.29. The molecule has 0 unspecified atom stereocenters. The predicted molar refractivity (Wildman–Crippen MR) is 81.9 cm³/mol. The lowest BCUT2D eigenvalue weighted by Crippen LogP contribution is -2.34. The Labute approximate surface area is 122 Å². The van der Waals surface area contributed by atoms with Crippen LogP contribution in [0.4, 0.5) is 10.1 Å². The van der Waals surface area contributed by atoms with E-state index in [0.717, 1.165) is 35.0 Å². The monoisotopic (exact) mass is 281 g/mol. The molecule has 0 spiro atoms. The molecule has 1 fully saturated rings. The molecule has 4 heteroatoms. The van der Waals surface area contributed by atoms with Gasteiger partial charge in [-0.1, -0.05) is 18.2 Å². The zero-order chi connectivity index (χ0) is 14.2. The van der Waals surface area contributed by atoms with Gasteiger partial charge in [0.2, 0.25) is 0 Å². The minimum atomic E-state index is -0.0826. The Hall–Kier alpha value is -2.36. The Morgan fingerprint density at radius 2 is 2.00 bits per heavy atom. The lowest BCUT2D eigenvalue weighted by Gasteiger charge is -2.37. The number of benzene rings is 2. The van der Waals surface area contributed by atoms with Crippen LogP contribution in [0.15, 0.2) is 48.7 Å². The standard InChI is InChI=1S/C17H16FN3/c18-16-4-2-1-3-15(16)11-7-14(8-11)20-13-5-6-17-12(9-13)10-19-21-17/h1-6,9-11,14,20H,7-8H2,(H,19,21). The van der Waals surface area contributed by atoms with Crippen LogP contribution >= 0.6 is 0 Å². The fourth-order valence-corrected chi connectivity index (χ4v) is 3.06. The van der Waals surface area contributed by atoms with Crippen molar-refractivity contribution < 1.29 is 4.39 Å². The number of fused-ring (bicyclic) bond motifs is 1. The van der Waals surface area contributed by atoms with E-state index >= 15 is 0 Å². The van der Waals surface area contributed by atoms with E-state index in [-0.39, 0.29) is 5.82 Å². The van der Waals surface area contributed by atoms with Gasteiger partial charge in [-0.05, 0) is 48.6 Å². The lowest BCUT2D eigenvalue weighted by molar-refractivity contribution is 0.363. The first kappa shape index (κ1) is 12.4. The van der Waals surface area contributed by atoms with E-state index in [1.165, 1.54) is 0 Å². The number of anilines is 1. The molecule has 1 aromatic heterocycles. The number of hydrogen-bond donors (Lipinski definition) is 2. The van der Waals surface area contributed by atoms with E-state index in [4.69, 9.17) is 0 Å². The second-order valence-electron chi connectivity index (χ2n) is 5.70. The second kappa shape index (κ2) is 4.88. The van der Waals surface area contributed by atoms with Crippen LogP contribution in [0.2, 0.25) is 0 Å². The molecule has 3 aromatic rings. The molecule has 21 heavy (non-hydrogen) atoms. The van der Waals surface area contributed by atoms with Crippen molar-refractivity contribution >= 4 is 16.6 Å². The van der Waals surface area contributed by atoms with E-state index in [1.807, 2.05) is 24.4 Å². The maximum atomic E-state index is 13.7. The number of halogens is 1. The molecule has 1 heterocycles. The fraction of sp³-hybridized carbons (Fsp3) is 0.235. The molecule has 0 radical (unpaired) electrons. The molecule has 2 N–H and O–H groups in total. The predicted octanol–water partition coefficient (Wildman–Crippen LogP) is 4.06. The highest BCUT2D eigenvalue weighted by Gasteiger charge is 2.31. The van der Waals surface area contributed by atoms with Gasteiger partial charge in [0.1, 0.15) is 5.82 Å². The van der Waals surface area contributed by atoms with E-state index in [2.05, 4.69) is 27.6 Å². The van der Waals surface area contributed by atoms with Crippen molar-refractivity contribution in [2.45, 2.75) is 24.8 Å². The van der Waals surface area contributed by atoms with Gasteiger partial charge in [0.05, 0.1) is 11.7 Å². The van der Waals surface area contributed by atoms with Crippen LogP contribution in [0.5, 0.6) is 0 Å². The number of rotatable bonds is 3. The Morgan fingerprint density at radius 3 is 2.86 bits per heavy atom. The van der Waals surface area contributed by atoms with Gasteiger partial charge in [-0.2, -0.15) is 5.10 Å². The molecular weight excluding hydrogens is 265 g/mol. The minimum Gasteiger partial charge on any atom is -0.382 e. The summed E-state index contributed by atoms with van der Waals surface area (Å²) in [6.07, 6.45) is 3.78. The normalized spacial score (nSPS) is 21.2. The maximum absolute atomic E-state index is 13.7. The van der Waals surface area contributed by atoms with Gasteiger partial charge in [-0.15, -0.1) is 0 Å². The summed E-state index contributed by atoms with van der Waals surface area (Å²) >= 11 is 0. The Balaban J connectivity index is 1.43. The molecule has 0 saturated heterocycles.